The Hall–Kier alpha value is -2.69. The zero-order chi connectivity index (χ0) is 16.3. The number of rotatable bonds is 5. The van der Waals surface area contributed by atoms with Crippen LogP contribution in [0.2, 0.25) is 0 Å². The summed E-state index contributed by atoms with van der Waals surface area (Å²) in [6, 6.07) is 13.1. The monoisotopic (exact) mass is 309 g/mol. The first kappa shape index (κ1) is 15.2. The quantitative estimate of drug-likeness (QED) is 0.833. The van der Waals surface area contributed by atoms with Gasteiger partial charge in [-0.15, -0.1) is 0 Å². The molecule has 2 amide bonds. The second-order valence-corrected chi connectivity index (χ2v) is 5.85. The average Bonchev–Trinajstić information content (AvgIpc) is 3.38. The van der Waals surface area contributed by atoms with Crippen LogP contribution in [-0.4, -0.2) is 16.8 Å². The van der Waals surface area contributed by atoms with E-state index in [0.29, 0.717) is 19.4 Å². The highest BCUT2D eigenvalue weighted by Gasteiger charge is 2.56. The molecule has 118 valence electrons. The molecular weight excluding hydrogens is 290 g/mol. The number of nitrogens with one attached hydrogen (secondary N) is 2. The smallest absolute Gasteiger partial charge is 0.240 e. The van der Waals surface area contributed by atoms with Crippen LogP contribution in [0.25, 0.3) is 0 Å². The Kier molecular flexibility index (Phi) is 4.10. The lowest BCUT2D eigenvalue weighted by Crippen LogP contribution is -2.39. The predicted molar refractivity (Wildman–Crippen MR) is 87.6 cm³/mol. The summed E-state index contributed by atoms with van der Waals surface area (Å²) < 4.78 is 0. The Bertz CT molecular complexity index is 724. The maximum Gasteiger partial charge on any atom is 0.240 e. The Labute approximate surface area is 135 Å². The zero-order valence-electron chi connectivity index (χ0n) is 13.0. The van der Waals surface area contributed by atoms with Crippen molar-refractivity contribution in [2.75, 3.05) is 5.32 Å². The summed E-state index contributed by atoms with van der Waals surface area (Å²) >= 11 is 0. The third-order valence-corrected chi connectivity index (χ3v) is 4.17. The van der Waals surface area contributed by atoms with E-state index in [0.717, 1.165) is 16.9 Å². The molecule has 1 aromatic carbocycles. The van der Waals surface area contributed by atoms with Gasteiger partial charge >= 0.3 is 0 Å². The summed E-state index contributed by atoms with van der Waals surface area (Å²) in [5, 5.41) is 5.70. The average molecular weight is 309 g/mol. The van der Waals surface area contributed by atoms with E-state index >= 15 is 0 Å². The molecule has 1 heterocycles. The van der Waals surface area contributed by atoms with Crippen LogP contribution in [0.1, 0.15) is 24.1 Å². The Morgan fingerprint density at radius 1 is 1.09 bits per heavy atom. The van der Waals surface area contributed by atoms with Crippen molar-refractivity contribution < 1.29 is 9.59 Å². The van der Waals surface area contributed by atoms with E-state index in [1.54, 1.807) is 6.20 Å². The van der Waals surface area contributed by atoms with Crippen LogP contribution in [0.5, 0.6) is 0 Å². The molecule has 1 aromatic heterocycles. The van der Waals surface area contributed by atoms with Gasteiger partial charge in [0, 0.05) is 11.9 Å². The third kappa shape index (κ3) is 3.23. The lowest BCUT2D eigenvalue weighted by atomic mass is 10.0. The van der Waals surface area contributed by atoms with Crippen LogP contribution in [0.15, 0.2) is 48.7 Å². The van der Waals surface area contributed by atoms with Gasteiger partial charge in [0.05, 0.1) is 12.2 Å². The standard InChI is InChI=1S/C18H19N3O2/c1-13-6-2-3-8-15(13)21-17(23)18(9-10-18)16(22)20-12-14-7-4-5-11-19-14/h2-8,11H,9-10,12H2,1H3,(H,20,22)(H,21,23). The van der Waals surface area contributed by atoms with Crippen molar-refractivity contribution in [3.63, 3.8) is 0 Å². The molecule has 2 aromatic rings. The number of hydrogen-bond donors (Lipinski definition) is 2. The minimum atomic E-state index is -0.933. The molecule has 0 atom stereocenters. The lowest BCUT2D eigenvalue weighted by Gasteiger charge is -2.16. The molecule has 23 heavy (non-hydrogen) atoms. The fourth-order valence-electron chi connectivity index (χ4n) is 2.48. The second kappa shape index (κ2) is 6.20. The van der Waals surface area contributed by atoms with Crippen LogP contribution in [0.4, 0.5) is 5.69 Å². The van der Waals surface area contributed by atoms with Crippen molar-refractivity contribution in [1.82, 2.24) is 10.3 Å². The number of carbonyl (C=O) groups excluding carboxylic acids is 2. The molecule has 0 aliphatic heterocycles. The van der Waals surface area contributed by atoms with E-state index in [-0.39, 0.29) is 11.8 Å². The van der Waals surface area contributed by atoms with E-state index in [9.17, 15) is 9.59 Å². The molecule has 1 aliphatic rings. The van der Waals surface area contributed by atoms with Gasteiger partial charge < -0.3 is 10.6 Å². The third-order valence-electron chi connectivity index (χ3n) is 4.17. The van der Waals surface area contributed by atoms with Gasteiger partial charge in [-0.1, -0.05) is 24.3 Å². The van der Waals surface area contributed by atoms with Crippen molar-refractivity contribution in [2.45, 2.75) is 26.3 Å². The number of aryl methyl sites for hydroxylation is 1. The first-order valence-corrected chi connectivity index (χ1v) is 7.67. The number of pyridine rings is 1. The fraction of sp³-hybridized carbons (Fsp3) is 0.278. The van der Waals surface area contributed by atoms with Gasteiger partial charge in [0.15, 0.2) is 0 Å². The highest BCUT2D eigenvalue weighted by atomic mass is 16.2. The van der Waals surface area contributed by atoms with Gasteiger partial charge in [-0.2, -0.15) is 0 Å². The number of benzene rings is 1. The molecule has 1 saturated carbocycles. The molecule has 3 rings (SSSR count). The summed E-state index contributed by atoms with van der Waals surface area (Å²) in [5.74, 6) is -0.459. The van der Waals surface area contributed by atoms with Crippen LogP contribution in [0.3, 0.4) is 0 Å². The molecular formula is C18H19N3O2. The number of para-hydroxylation sites is 1. The van der Waals surface area contributed by atoms with Crippen molar-refractivity contribution in [1.29, 1.82) is 0 Å². The molecule has 0 radical (unpaired) electrons. The van der Waals surface area contributed by atoms with Crippen LogP contribution >= 0.6 is 0 Å². The summed E-state index contributed by atoms with van der Waals surface area (Å²) in [6.45, 7) is 2.26. The van der Waals surface area contributed by atoms with Gasteiger partial charge in [-0.05, 0) is 43.5 Å². The maximum atomic E-state index is 12.5. The van der Waals surface area contributed by atoms with Crippen molar-refractivity contribution in [2.24, 2.45) is 5.41 Å². The van der Waals surface area contributed by atoms with E-state index in [2.05, 4.69) is 15.6 Å². The summed E-state index contributed by atoms with van der Waals surface area (Å²) in [5.41, 5.74) is 1.57. The number of anilines is 1. The molecule has 1 aliphatic carbocycles. The van der Waals surface area contributed by atoms with Gasteiger partial charge in [-0.3, -0.25) is 14.6 Å². The minimum absolute atomic E-state index is 0.228. The highest BCUT2D eigenvalue weighted by molar-refractivity contribution is 6.13. The van der Waals surface area contributed by atoms with Gasteiger partial charge in [0.1, 0.15) is 5.41 Å². The van der Waals surface area contributed by atoms with Crippen molar-refractivity contribution in [3.8, 4) is 0 Å². The largest absolute Gasteiger partial charge is 0.350 e. The molecule has 5 nitrogen and oxygen atoms in total. The first-order chi connectivity index (χ1) is 11.1. The molecule has 1 fully saturated rings. The lowest BCUT2D eigenvalue weighted by molar-refractivity contribution is -0.134. The van der Waals surface area contributed by atoms with Crippen LogP contribution < -0.4 is 10.6 Å². The van der Waals surface area contributed by atoms with Crippen molar-refractivity contribution in [3.05, 3.63) is 59.9 Å². The minimum Gasteiger partial charge on any atom is -0.350 e. The highest BCUT2D eigenvalue weighted by Crippen LogP contribution is 2.47. The van der Waals surface area contributed by atoms with Gasteiger partial charge in [-0.25, -0.2) is 0 Å². The van der Waals surface area contributed by atoms with E-state index in [1.165, 1.54) is 0 Å². The molecule has 5 heteroatoms. The first-order valence-electron chi connectivity index (χ1n) is 7.67. The predicted octanol–water partition coefficient (Wildman–Crippen LogP) is 2.43. The van der Waals surface area contributed by atoms with Crippen LogP contribution in [0, 0.1) is 12.3 Å². The number of hydrogen-bond acceptors (Lipinski definition) is 3. The summed E-state index contributed by atoms with van der Waals surface area (Å²) in [7, 11) is 0. The number of amides is 2. The summed E-state index contributed by atoms with van der Waals surface area (Å²) in [4.78, 5) is 29.1. The van der Waals surface area contributed by atoms with E-state index in [4.69, 9.17) is 0 Å². The molecule has 0 saturated heterocycles. The van der Waals surface area contributed by atoms with E-state index < -0.39 is 5.41 Å². The fourth-order valence-corrected chi connectivity index (χ4v) is 2.48. The van der Waals surface area contributed by atoms with Crippen molar-refractivity contribution >= 4 is 17.5 Å². The number of carbonyl (C=O) groups is 2. The SMILES string of the molecule is Cc1ccccc1NC(=O)C1(C(=O)NCc2ccccn2)CC1. The van der Waals surface area contributed by atoms with Crippen LogP contribution in [-0.2, 0) is 16.1 Å². The Balaban J connectivity index is 1.63. The number of aromatic nitrogens is 1. The normalized spacial score (nSPS) is 14.8. The molecule has 0 spiro atoms. The Morgan fingerprint density at radius 2 is 1.83 bits per heavy atom. The second-order valence-electron chi connectivity index (χ2n) is 5.85. The van der Waals surface area contributed by atoms with E-state index in [1.807, 2.05) is 49.4 Å². The van der Waals surface area contributed by atoms with Gasteiger partial charge in [0.25, 0.3) is 0 Å². The van der Waals surface area contributed by atoms with Gasteiger partial charge in [0.2, 0.25) is 11.8 Å². The topological polar surface area (TPSA) is 71.1 Å². The Morgan fingerprint density at radius 3 is 2.48 bits per heavy atom. The zero-order valence-corrected chi connectivity index (χ0v) is 13.0. The maximum absolute atomic E-state index is 12.5. The summed E-state index contributed by atoms with van der Waals surface area (Å²) in [6.07, 6.45) is 2.84. The molecule has 2 N–H and O–H groups in total. The molecule has 0 bridgehead atoms. The number of nitrogens with zero attached hydrogens (tertiary/aromatic N) is 1. The molecule has 0 unspecified atom stereocenters.